The first kappa shape index (κ1) is 10.6. The number of carbonyl (C=O) groups is 1. The highest BCUT2D eigenvalue weighted by molar-refractivity contribution is 5.87. The van der Waals surface area contributed by atoms with Gasteiger partial charge in [0.15, 0.2) is 5.69 Å². The number of carboxylic acid groups (broad SMARTS) is 1. The first-order valence-electron chi connectivity index (χ1n) is 3.69. The van der Waals surface area contributed by atoms with Crippen LogP contribution in [-0.4, -0.2) is 25.7 Å². The van der Waals surface area contributed by atoms with Crippen LogP contribution in [0.4, 0.5) is 8.78 Å². The van der Waals surface area contributed by atoms with Crippen molar-refractivity contribution < 1.29 is 23.8 Å². The van der Waals surface area contributed by atoms with Gasteiger partial charge in [-0.05, 0) is 6.92 Å². The molecule has 0 aromatic carbocycles. The number of hydrogen-bond acceptors (Lipinski definition) is 3. The average Bonchev–Trinajstić information content (AvgIpc) is 2.41. The van der Waals surface area contributed by atoms with Gasteiger partial charge < -0.3 is 10.2 Å². The zero-order valence-corrected chi connectivity index (χ0v) is 7.24. The molecular weight excluding hydrogens is 198 g/mol. The van der Waals surface area contributed by atoms with Gasteiger partial charge in [-0.25, -0.2) is 9.78 Å². The molecule has 1 aromatic heterocycles. The summed E-state index contributed by atoms with van der Waals surface area (Å²) in [5.74, 6) is -1.84. The lowest BCUT2D eigenvalue weighted by Gasteiger charge is -2.06. The van der Waals surface area contributed by atoms with E-state index in [2.05, 4.69) is 4.98 Å². The van der Waals surface area contributed by atoms with Crippen molar-refractivity contribution in [3.05, 3.63) is 17.2 Å². The molecule has 0 spiro atoms. The molecule has 7 heteroatoms. The standard InChI is InChI=1S/C7H8F2N2O3/c1-3-5(6(13)14)11(7(8)9)4(2-12)10-3/h7,12H,2H2,1H3,(H,13,14). The number of alkyl halides is 2. The minimum Gasteiger partial charge on any atom is -0.477 e. The van der Waals surface area contributed by atoms with Crippen LogP contribution in [0.5, 0.6) is 0 Å². The zero-order valence-electron chi connectivity index (χ0n) is 7.24. The van der Waals surface area contributed by atoms with E-state index in [0.29, 0.717) is 0 Å². The zero-order chi connectivity index (χ0) is 10.9. The van der Waals surface area contributed by atoms with Crippen molar-refractivity contribution >= 4 is 5.97 Å². The van der Waals surface area contributed by atoms with Crippen LogP contribution in [0, 0.1) is 6.92 Å². The predicted molar refractivity (Wildman–Crippen MR) is 41.1 cm³/mol. The first-order chi connectivity index (χ1) is 6.49. The highest BCUT2D eigenvalue weighted by atomic mass is 19.3. The van der Waals surface area contributed by atoms with Gasteiger partial charge in [0, 0.05) is 0 Å². The van der Waals surface area contributed by atoms with Gasteiger partial charge in [-0.3, -0.25) is 4.57 Å². The van der Waals surface area contributed by atoms with E-state index >= 15 is 0 Å². The Labute approximate surface area is 77.6 Å². The predicted octanol–water partition coefficient (Wildman–Crippen LogP) is 0.777. The van der Waals surface area contributed by atoms with Crippen LogP contribution in [0.2, 0.25) is 0 Å². The second kappa shape index (κ2) is 3.70. The third kappa shape index (κ3) is 1.58. The summed E-state index contributed by atoms with van der Waals surface area (Å²) in [6.07, 6.45) is 0. The molecule has 1 rings (SSSR count). The number of aliphatic hydroxyl groups excluding tert-OH is 1. The number of carboxylic acids is 1. The molecule has 0 unspecified atom stereocenters. The number of aromatic nitrogens is 2. The second-order valence-electron chi connectivity index (χ2n) is 2.57. The molecule has 78 valence electrons. The Morgan fingerprint density at radius 3 is 2.57 bits per heavy atom. The maximum absolute atomic E-state index is 12.4. The van der Waals surface area contributed by atoms with Gasteiger partial charge in [0.2, 0.25) is 0 Å². The largest absolute Gasteiger partial charge is 0.477 e. The van der Waals surface area contributed by atoms with E-state index < -0.39 is 24.8 Å². The fourth-order valence-corrected chi connectivity index (χ4v) is 1.18. The molecule has 0 aliphatic carbocycles. The van der Waals surface area contributed by atoms with Crippen molar-refractivity contribution in [1.29, 1.82) is 0 Å². The Morgan fingerprint density at radius 1 is 1.64 bits per heavy atom. The van der Waals surface area contributed by atoms with Gasteiger partial charge in [0.05, 0.1) is 5.69 Å². The summed E-state index contributed by atoms with van der Waals surface area (Å²) in [6.45, 7) is -2.45. The molecular formula is C7H8F2N2O3. The van der Waals surface area contributed by atoms with Gasteiger partial charge in [-0.1, -0.05) is 0 Å². The van der Waals surface area contributed by atoms with Crippen LogP contribution < -0.4 is 0 Å². The monoisotopic (exact) mass is 206 g/mol. The summed E-state index contributed by atoms with van der Waals surface area (Å²) < 4.78 is 25.0. The molecule has 0 amide bonds. The summed E-state index contributed by atoms with van der Waals surface area (Å²) >= 11 is 0. The maximum atomic E-state index is 12.4. The van der Waals surface area contributed by atoms with Crippen LogP contribution in [0.1, 0.15) is 28.6 Å². The Bertz CT molecular complexity index is 362. The third-order valence-electron chi connectivity index (χ3n) is 1.70. The Morgan fingerprint density at radius 2 is 2.21 bits per heavy atom. The van der Waals surface area contributed by atoms with E-state index in [1.807, 2.05) is 0 Å². The SMILES string of the molecule is Cc1nc(CO)n(C(F)F)c1C(=O)O. The molecule has 0 atom stereocenters. The van der Waals surface area contributed by atoms with E-state index in [1.54, 1.807) is 0 Å². The minimum atomic E-state index is -3.02. The smallest absolute Gasteiger partial charge is 0.354 e. The molecule has 0 aliphatic rings. The number of hydrogen-bond donors (Lipinski definition) is 2. The molecule has 0 aliphatic heterocycles. The summed E-state index contributed by atoms with van der Waals surface area (Å²) in [5, 5.41) is 17.3. The van der Waals surface area contributed by atoms with E-state index in [0.717, 1.165) is 0 Å². The number of aromatic carboxylic acids is 1. The van der Waals surface area contributed by atoms with E-state index in [-0.39, 0.29) is 16.1 Å². The number of nitrogens with zero attached hydrogens (tertiary/aromatic N) is 2. The quantitative estimate of drug-likeness (QED) is 0.766. The molecule has 5 nitrogen and oxygen atoms in total. The highest BCUT2D eigenvalue weighted by Crippen LogP contribution is 2.20. The van der Waals surface area contributed by atoms with Gasteiger partial charge in [-0.2, -0.15) is 8.78 Å². The second-order valence-corrected chi connectivity index (χ2v) is 2.57. The van der Waals surface area contributed by atoms with Crippen molar-refractivity contribution in [1.82, 2.24) is 9.55 Å². The van der Waals surface area contributed by atoms with E-state index in [9.17, 15) is 13.6 Å². The maximum Gasteiger partial charge on any atom is 0.354 e. The van der Waals surface area contributed by atoms with Crippen molar-refractivity contribution in [2.24, 2.45) is 0 Å². The number of halogens is 2. The van der Waals surface area contributed by atoms with Gasteiger partial charge in [-0.15, -0.1) is 0 Å². The lowest BCUT2D eigenvalue weighted by molar-refractivity contribution is 0.0481. The van der Waals surface area contributed by atoms with Crippen LogP contribution in [0.15, 0.2) is 0 Å². The molecule has 0 saturated carbocycles. The Kier molecular flexibility index (Phi) is 2.80. The molecule has 0 saturated heterocycles. The minimum absolute atomic E-state index is 0.0400. The summed E-state index contributed by atoms with van der Waals surface area (Å²) in [4.78, 5) is 14.1. The van der Waals surface area contributed by atoms with Crippen molar-refractivity contribution in [2.75, 3.05) is 0 Å². The number of aryl methyl sites for hydroxylation is 1. The number of imidazole rings is 1. The first-order valence-corrected chi connectivity index (χ1v) is 3.69. The van der Waals surface area contributed by atoms with Crippen molar-refractivity contribution in [3.63, 3.8) is 0 Å². The van der Waals surface area contributed by atoms with Crippen LogP contribution >= 0.6 is 0 Å². The molecule has 1 heterocycles. The molecule has 0 bridgehead atoms. The van der Waals surface area contributed by atoms with Crippen LogP contribution in [0.25, 0.3) is 0 Å². The number of aliphatic hydroxyl groups is 1. The fraction of sp³-hybridized carbons (Fsp3) is 0.429. The number of rotatable bonds is 3. The lowest BCUT2D eigenvalue weighted by Crippen LogP contribution is -2.12. The highest BCUT2D eigenvalue weighted by Gasteiger charge is 2.24. The average molecular weight is 206 g/mol. The lowest BCUT2D eigenvalue weighted by atomic mass is 10.3. The third-order valence-corrected chi connectivity index (χ3v) is 1.70. The molecule has 14 heavy (non-hydrogen) atoms. The topological polar surface area (TPSA) is 75.4 Å². The fourth-order valence-electron chi connectivity index (χ4n) is 1.18. The molecule has 0 fully saturated rings. The van der Waals surface area contributed by atoms with Crippen molar-refractivity contribution in [3.8, 4) is 0 Å². The van der Waals surface area contributed by atoms with E-state index in [4.69, 9.17) is 10.2 Å². The van der Waals surface area contributed by atoms with Gasteiger partial charge in [0.25, 0.3) is 0 Å². The van der Waals surface area contributed by atoms with E-state index in [1.165, 1.54) is 6.92 Å². The van der Waals surface area contributed by atoms with Gasteiger partial charge >= 0.3 is 12.5 Å². The molecule has 2 N–H and O–H groups in total. The van der Waals surface area contributed by atoms with Crippen molar-refractivity contribution in [2.45, 2.75) is 20.1 Å². The summed E-state index contributed by atoms with van der Waals surface area (Å²) in [7, 11) is 0. The Hall–Kier alpha value is -1.50. The summed E-state index contributed by atoms with van der Waals surface area (Å²) in [5.41, 5.74) is -0.633. The molecule has 1 aromatic rings. The van der Waals surface area contributed by atoms with Crippen LogP contribution in [0.3, 0.4) is 0 Å². The normalized spacial score (nSPS) is 10.9. The Balaban J connectivity index is 3.38. The van der Waals surface area contributed by atoms with Gasteiger partial charge in [0.1, 0.15) is 12.4 Å². The molecule has 0 radical (unpaired) electrons. The van der Waals surface area contributed by atoms with Crippen LogP contribution in [-0.2, 0) is 6.61 Å². The summed E-state index contributed by atoms with van der Waals surface area (Å²) in [6, 6.07) is 0.